The highest BCUT2D eigenvalue weighted by Gasteiger charge is 2.01. The summed E-state index contributed by atoms with van der Waals surface area (Å²) in [6, 6.07) is 1.89. The third-order valence-corrected chi connectivity index (χ3v) is 1.81. The van der Waals surface area contributed by atoms with Crippen LogP contribution in [-0.4, -0.2) is 19.2 Å². The molecular formula is C6H9NOS. The maximum absolute atomic E-state index is 9.10. The van der Waals surface area contributed by atoms with Crippen molar-refractivity contribution in [3.8, 4) is 5.06 Å². The molecule has 0 unspecified atom stereocenters. The Bertz CT molecular complexity index is 195. The predicted octanol–water partition coefficient (Wildman–Crippen LogP) is 1.52. The number of hydrogen-bond donors (Lipinski definition) is 1. The normalized spacial score (nSPS) is 9.56. The van der Waals surface area contributed by atoms with Gasteiger partial charge in [-0.1, -0.05) is 0 Å². The van der Waals surface area contributed by atoms with Gasteiger partial charge in [0.2, 0.25) is 0 Å². The van der Waals surface area contributed by atoms with Crippen LogP contribution < -0.4 is 4.90 Å². The number of thiophene rings is 1. The Labute approximate surface area is 58.4 Å². The van der Waals surface area contributed by atoms with Gasteiger partial charge in [0, 0.05) is 14.1 Å². The lowest BCUT2D eigenvalue weighted by Gasteiger charge is -2.08. The second kappa shape index (κ2) is 2.27. The fraction of sp³-hybridized carbons (Fsp3) is 0.333. The topological polar surface area (TPSA) is 23.5 Å². The first-order valence-corrected chi connectivity index (χ1v) is 3.53. The summed E-state index contributed by atoms with van der Waals surface area (Å²) in [5.41, 5.74) is 0.889. The van der Waals surface area contributed by atoms with Crippen molar-refractivity contribution in [2.75, 3.05) is 19.0 Å². The largest absolute Gasteiger partial charge is 0.498 e. The first-order chi connectivity index (χ1) is 4.22. The van der Waals surface area contributed by atoms with Gasteiger partial charge in [-0.2, -0.15) is 0 Å². The summed E-state index contributed by atoms with van der Waals surface area (Å²) in [7, 11) is 3.81. The van der Waals surface area contributed by atoms with E-state index in [0.29, 0.717) is 5.06 Å². The molecule has 0 aromatic carbocycles. The lowest BCUT2D eigenvalue weighted by Crippen LogP contribution is -2.06. The molecule has 2 nitrogen and oxygen atoms in total. The maximum atomic E-state index is 9.10. The third kappa shape index (κ3) is 1.16. The van der Waals surface area contributed by atoms with E-state index in [0.717, 1.165) is 5.69 Å². The van der Waals surface area contributed by atoms with Crippen LogP contribution in [0.15, 0.2) is 11.4 Å². The second-order valence-electron chi connectivity index (χ2n) is 2.01. The van der Waals surface area contributed by atoms with E-state index in [2.05, 4.69) is 0 Å². The Morgan fingerprint density at radius 3 is 2.44 bits per heavy atom. The van der Waals surface area contributed by atoms with Crippen LogP contribution in [0.1, 0.15) is 0 Å². The molecule has 50 valence electrons. The van der Waals surface area contributed by atoms with Crippen LogP contribution in [0.4, 0.5) is 5.69 Å². The minimum Gasteiger partial charge on any atom is -0.498 e. The van der Waals surface area contributed by atoms with Crippen molar-refractivity contribution in [3.63, 3.8) is 0 Å². The summed E-state index contributed by atoms with van der Waals surface area (Å²) >= 11 is 1.35. The summed E-state index contributed by atoms with van der Waals surface area (Å²) < 4.78 is 0. The zero-order valence-corrected chi connectivity index (χ0v) is 6.27. The van der Waals surface area contributed by atoms with Crippen LogP contribution in [0, 0.1) is 0 Å². The molecule has 1 aromatic heterocycles. The molecule has 3 heteroatoms. The highest BCUT2D eigenvalue weighted by Crippen LogP contribution is 2.30. The number of anilines is 1. The van der Waals surface area contributed by atoms with Gasteiger partial charge in [0.15, 0.2) is 5.06 Å². The Balaban J connectivity index is 2.94. The summed E-state index contributed by atoms with van der Waals surface area (Å²) in [6.45, 7) is 0. The molecule has 0 amide bonds. The van der Waals surface area contributed by atoms with Gasteiger partial charge in [0.05, 0.1) is 5.69 Å². The number of hydrogen-bond acceptors (Lipinski definition) is 3. The van der Waals surface area contributed by atoms with E-state index >= 15 is 0 Å². The summed E-state index contributed by atoms with van der Waals surface area (Å²) in [6.07, 6.45) is 0. The number of aromatic hydroxyl groups is 1. The predicted molar refractivity (Wildman–Crippen MR) is 40.3 cm³/mol. The third-order valence-electron chi connectivity index (χ3n) is 1.11. The molecule has 1 rings (SSSR count). The molecule has 0 saturated carbocycles. The standard InChI is InChI=1S/C6H9NOS/c1-7(2)5-3-4-9-6(5)8/h3-4,8H,1-2H3. The molecule has 0 aliphatic carbocycles. The first kappa shape index (κ1) is 6.42. The van der Waals surface area contributed by atoms with E-state index < -0.39 is 0 Å². The molecular weight excluding hydrogens is 134 g/mol. The number of nitrogens with zero attached hydrogens (tertiary/aromatic N) is 1. The zero-order chi connectivity index (χ0) is 6.85. The van der Waals surface area contributed by atoms with Crippen LogP contribution >= 0.6 is 11.3 Å². The van der Waals surface area contributed by atoms with Crippen LogP contribution in [0.2, 0.25) is 0 Å². The van der Waals surface area contributed by atoms with Gasteiger partial charge < -0.3 is 10.0 Å². The molecule has 0 radical (unpaired) electrons. The molecule has 0 aliphatic heterocycles. The first-order valence-electron chi connectivity index (χ1n) is 2.65. The van der Waals surface area contributed by atoms with Crippen molar-refractivity contribution in [3.05, 3.63) is 11.4 Å². The fourth-order valence-electron chi connectivity index (χ4n) is 0.635. The molecule has 0 aliphatic rings. The van der Waals surface area contributed by atoms with Gasteiger partial charge in [-0.15, -0.1) is 11.3 Å². The Hall–Kier alpha value is -0.700. The lowest BCUT2D eigenvalue weighted by atomic mass is 10.5. The molecule has 0 saturated heterocycles. The minimum atomic E-state index is 0.389. The summed E-state index contributed by atoms with van der Waals surface area (Å²) in [4.78, 5) is 1.88. The molecule has 9 heavy (non-hydrogen) atoms. The Morgan fingerprint density at radius 1 is 1.56 bits per heavy atom. The van der Waals surface area contributed by atoms with Gasteiger partial charge in [-0.05, 0) is 11.4 Å². The van der Waals surface area contributed by atoms with Crippen LogP contribution in [-0.2, 0) is 0 Å². The van der Waals surface area contributed by atoms with Gasteiger partial charge in [0.1, 0.15) is 0 Å². The van der Waals surface area contributed by atoms with Crippen molar-refractivity contribution in [1.29, 1.82) is 0 Å². The Kier molecular flexibility index (Phi) is 1.62. The summed E-state index contributed by atoms with van der Waals surface area (Å²) in [5.74, 6) is 0. The van der Waals surface area contributed by atoms with Gasteiger partial charge in [-0.25, -0.2) is 0 Å². The van der Waals surface area contributed by atoms with Gasteiger partial charge in [-0.3, -0.25) is 0 Å². The minimum absolute atomic E-state index is 0.389. The van der Waals surface area contributed by atoms with Crippen molar-refractivity contribution >= 4 is 17.0 Å². The summed E-state index contributed by atoms with van der Waals surface area (Å²) in [5, 5.41) is 11.4. The number of rotatable bonds is 1. The van der Waals surface area contributed by atoms with Gasteiger partial charge in [0.25, 0.3) is 0 Å². The van der Waals surface area contributed by atoms with Crippen molar-refractivity contribution in [2.24, 2.45) is 0 Å². The zero-order valence-electron chi connectivity index (χ0n) is 5.46. The smallest absolute Gasteiger partial charge is 0.195 e. The van der Waals surface area contributed by atoms with E-state index in [4.69, 9.17) is 5.11 Å². The van der Waals surface area contributed by atoms with E-state index in [1.54, 1.807) is 0 Å². The molecule has 1 aromatic rings. The van der Waals surface area contributed by atoms with E-state index in [9.17, 15) is 0 Å². The molecule has 0 spiro atoms. The highest BCUT2D eigenvalue weighted by atomic mass is 32.1. The van der Waals surface area contributed by atoms with E-state index in [-0.39, 0.29) is 0 Å². The second-order valence-corrected chi connectivity index (χ2v) is 2.90. The average Bonchev–Trinajstić information content (AvgIpc) is 2.13. The molecule has 0 bridgehead atoms. The van der Waals surface area contributed by atoms with E-state index in [1.807, 2.05) is 30.4 Å². The quantitative estimate of drug-likeness (QED) is 0.644. The molecule has 0 atom stereocenters. The van der Waals surface area contributed by atoms with Gasteiger partial charge >= 0.3 is 0 Å². The molecule has 1 heterocycles. The van der Waals surface area contributed by atoms with Crippen LogP contribution in [0.25, 0.3) is 0 Å². The van der Waals surface area contributed by atoms with Crippen molar-refractivity contribution in [2.45, 2.75) is 0 Å². The SMILES string of the molecule is CN(C)c1ccsc1O. The lowest BCUT2D eigenvalue weighted by molar-refractivity contribution is 0.491. The van der Waals surface area contributed by atoms with E-state index in [1.165, 1.54) is 11.3 Å². The molecule has 0 fully saturated rings. The average molecular weight is 143 g/mol. The Morgan fingerprint density at radius 2 is 2.22 bits per heavy atom. The monoisotopic (exact) mass is 143 g/mol. The molecule has 1 N–H and O–H groups in total. The fourth-order valence-corrected chi connectivity index (χ4v) is 1.33. The maximum Gasteiger partial charge on any atom is 0.195 e. The van der Waals surface area contributed by atoms with Crippen LogP contribution in [0.3, 0.4) is 0 Å². The van der Waals surface area contributed by atoms with Crippen molar-refractivity contribution in [1.82, 2.24) is 0 Å². The van der Waals surface area contributed by atoms with Crippen LogP contribution in [0.5, 0.6) is 5.06 Å². The van der Waals surface area contributed by atoms with Crippen molar-refractivity contribution < 1.29 is 5.11 Å². The highest BCUT2D eigenvalue weighted by molar-refractivity contribution is 7.12.